The number of hydrogen-bond acceptors (Lipinski definition) is 5. The van der Waals surface area contributed by atoms with Gasteiger partial charge in [-0.3, -0.25) is 4.79 Å². The third-order valence-corrected chi connectivity index (χ3v) is 5.54. The van der Waals surface area contributed by atoms with E-state index in [1.165, 1.54) is 11.3 Å². The van der Waals surface area contributed by atoms with Gasteiger partial charge in [0.2, 0.25) is 0 Å². The molecule has 0 saturated heterocycles. The lowest BCUT2D eigenvalue weighted by Crippen LogP contribution is -2.68. The number of amides is 1. The normalized spacial score (nSPS) is 37.3. The van der Waals surface area contributed by atoms with Crippen molar-refractivity contribution in [1.82, 2.24) is 10.3 Å². The maximum Gasteiger partial charge on any atom is 0.280 e. The summed E-state index contributed by atoms with van der Waals surface area (Å²) in [6.45, 7) is 1.87. The van der Waals surface area contributed by atoms with Crippen LogP contribution in [0.1, 0.15) is 47.6 Å². The van der Waals surface area contributed by atoms with Crippen molar-refractivity contribution in [2.75, 3.05) is 0 Å². The van der Waals surface area contributed by atoms with Gasteiger partial charge < -0.3 is 16.2 Å². The molecule has 6 heteroatoms. The van der Waals surface area contributed by atoms with Gasteiger partial charge in [-0.2, -0.15) is 0 Å². The molecule has 0 aromatic carbocycles. The van der Waals surface area contributed by atoms with Crippen molar-refractivity contribution < 1.29 is 9.90 Å². The third kappa shape index (κ3) is 2.17. The molecule has 3 saturated carbocycles. The molecule has 1 atom stereocenters. The van der Waals surface area contributed by atoms with Gasteiger partial charge in [0.1, 0.15) is 0 Å². The summed E-state index contributed by atoms with van der Waals surface area (Å²) in [7, 11) is 0. The van der Waals surface area contributed by atoms with Crippen LogP contribution in [0.4, 0.5) is 0 Å². The summed E-state index contributed by atoms with van der Waals surface area (Å²) in [6, 6.07) is 0. The van der Waals surface area contributed by atoms with Crippen LogP contribution in [-0.2, 0) is 0 Å². The molecule has 1 amide bonds. The predicted molar refractivity (Wildman–Crippen MR) is 73.1 cm³/mol. The van der Waals surface area contributed by atoms with Crippen molar-refractivity contribution in [3.63, 3.8) is 0 Å². The average molecular weight is 281 g/mol. The smallest absolute Gasteiger partial charge is 0.280 e. The van der Waals surface area contributed by atoms with Crippen molar-refractivity contribution in [3.8, 4) is 0 Å². The minimum absolute atomic E-state index is 0.128. The number of aliphatic hydroxyl groups excluding tert-OH is 1. The molecule has 1 aromatic heterocycles. The maximum absolute atomic E-state index is 12.2. The molecule has 0 radical (unpaired) electrons. The molecule has 4 rings (SSSR count). The van der Waals surface area contributed by atoms with E-state index in [4.69, 9.17) is 5.73 Å². The van der Waals surface area contributed by atoms with Gasteiger partial charge in [0, 0.05) is 22.2 Å². The molecule has 2 bridgehead atoms. The molecule has 3 fully saturated rings. The summed E-state index contributed by atoms with van der Waals surface area (Å²) < 4.78 is 0. The minimum atomic E-state index is -0.520. The minimum Gasteiger partial charge on any atom is -0.391 e. The van der Waals surface area contributed by atoms with Crippen LogP contribution < -0.4 is 11.1 Å². The molecular formula is C13H19N3O2S. The quantitative estimate of drug-likeness (QED) is 0.753. The molecule has 3 aliphatic carbocycles. The Morgan fingerprint density at radius 3 is 2.74 bits per heavy atom. The molecule has 19 heavy (non-hydrogen) atoms. The summed E-state index contributed by atoms with van der Waals surface area (Å²) in [6.07, 6.45) is 3.26. The van der Waals surface area contributed by atoms with Gasteiger partial charge in [0.05, 0.1) is 6.10 Å². The van der Waals surface area contributed by atoms with Crippen LogP contribution in [0.15, 0.2) is 5.38 Å². The molecule has 3 aliphatic rings. The Kier molecular flexibility index (Phi) is 2.92. The number of thiazole rings is 1. The molecule has 5 nitrogen and oxygen atoms in total. The second-order valence-corrected chi connectivity index (χ2v) is 6.84. The van der Waals surface area contributed by atoms with Crippen molar-refractivity contribution >= 4 is 17.2 Å². The standard InChI is InChI=1S/C13H19N3O2S/c1-8-7-19-11(15-8)10(18)16-12-2-4-13(14,5-3-12)9(17)6-12/h7,9,17H,2-6,14H2,1H3,(H,16,18). The first-order valence-corrected chi connectivity index (χ1v) is 7.52. The highest BCUT2D eigenvalue weighted by molar-refractivity contribution is 7.11. The lowest BCUT2D eigenvalue weighted by molar-refractivity contribution is -0.0411. The van der Waals surface area contributed by atoms with Gasteiger partial charge in [-0.1, -0.05) is 0 Å². The van der Waals surface area contributed by atoms with E-state index in [9.17, 15) is 9.90 Å². The van der Waals surface area contributed by atoms with E-state index in [0.717, 1.165) is 31.4 Å². The lowest BCUT2D eigenvalue weighted by Gasteiger charge is -2.54. The molecule has 104 valence electrons. The molecule has 0 aliphatic heterocycles. The topological polar surface area (TPSA) is 88.2 Å². The van der Waals surface area contributed by atoms with E-state index in [-0.39, 0.29) is 11.4 Å². The van der Waals surface area contributed by atoms with E-state index in [2.05, 4.69) is 10.3 Å². The van der Waals surface area contributed by atoms with Gasteiger partial charge in [-0.25, -0.2) is 4.98 Å². The van der Waals surface area contributed by atoms with Crippen LogP contribution in [-0.4, -0.2) is 33.2 Å². The monoisotopic (exact) mass is 281 g/mol. The Hall–Kier alpha value is -0.980. The number of fused-ring (bicyclic) bond motifs is 3. The number of aliphatic hydroxyl groups is 1. The number of aryl methyl sites for hydroxylation is 1. The number of carbonyl (C=O) groups is 1. The van der Waals surface area contributed by atoms with Crippen molar-refractivity contribution in [1.29, 1.82) is 0 Å². The zero-order valence-corrected chi connectivity index (χ0v) is 11.8. The largest absolute Gasteiger partial charge is 0.391 e. The number of nitrogens with two attached hydrogens (primary N) is 1. The molecule has 0 spiro atoms. The summed E-state index contributed by atoms with van der Waals surface area (Å²) in [5.41, 5.74) is 6.30. The number of hydrogen-bond donors (Lipinski definition) is 3. The summed E-state index contributed by atoms with van der Waals surface area (Å²) in [5.74, 6) is -0.128. The SMILES string of the molecule is Cc1csc(C(=O)NC23CCC(N)(CC2)C(O)C3)n1. The van der Waals surface area contributed by atoms with E-state index < -0.39 is 11.6 Å². The summed E-state index contributed by atoms with van der Waals surface area (Å²) in [5, 5.41) is 15.6. The summed E-state index contributed by atoms with van der Waals surface area (Å²) >= 11 is 1.36. The van der Waals surface area contributed by atoms with E-state index >= 15 is 0 Å². The highest BCUT2D eigenvalue weighted by atomic mass is 32.1. The fourth-order valence-electron chi connectivity index (χ4n) is 3.23. The van der Waals surface area contributed by atoms with Gasteiger partial charge >= 0.3 is 0 Å². The van der Waals surface area contributed by atoms with Gasteiger partial charge in [0.25, 0.3) is 5.91 Å². The Labute approximate surface area is 116 Å². The average Bonchev–Trinajstić information content (AvgIpc) is 2.79. The third-order valence-electron chi connectivity index (χ3n) is 4.58. The first kappa shape index (κ1) is 13.0. The highest BCUT2D eigenvalue weighted by Crippen LogP contribution is 2.45. The second-order valence-electron chi connectivity index (χ2n) is 5.98. The highest BCUT2D eigenvalue weighted by Gasteiger charge is 2.52. The van der Waals surface area contributed by atoms with Crippen LogP contribution in [0.25, 0.3) is 0 Å². The summed E-state index contributed by atoms with van der Waals surface area (Å²) in [4.78, 5) is 16.4. The van der Waals surface area contributed by atoms with E-state index in [1.54, 1.807) is 0 Å². The number of nitrogens with one attached hydrogen (secondary N) is 1. The first-order valence-electron chi connectivity index (χ1n) is 6.64. The van der Waals surface area contributed by atoms with Crippen LogP contribution in [0, 0.1) is 6.92 Å². The lowest BCUT2D eigenvalue weighted by atomic mass is 9.60. The van der Waals surface area contributed by atoms with Crippen molar-refractivity contribution in [3.05, 3.63) is 16.1 Å². The number of carbonyl (C=O) groups excluding carboxylic acids is 1. The van der Waals surface area contributed by atoms with Crippen LogP contribution >= 0.6 is 11.3 Å². The van der Waals surface area contributed by atoms with Crippen molar-refractivity contribution in [2.24, 2.45) is 5.73 Å². The van der Waals surface area contributed by atoms with Crippen LogP contribution in [0.5, 0.6) is 0 Å². The molecular weight excluding hydrogens is 262 g/mol. The zero-order valence-electron chi connectivity index (χ0n) is 11.0. The van der Waals surface area contributed by atoms with Crippen molar-refractivity contribution in [2.45, 2.75) is 56.2 Å². The van der Waals surface area contributed by atoms with E-state index in [0.29, 0.717) is 11.4 Å². The maximum atomic E-state index is 12.2. The number of nitrogens with zero attached hydrogens (tertiary/aromatic N) is 1. The first-order chi connectivity index (χ1) is 8.92. The molecule has 1 unspecified atom stereocenters. The predicted octanol–water partition coefficient (Wildman–Crippen LogP) is 0.956. The second kappa shape index (κ2) is 4.26. The van der Waals surface area contributed by atoms with Crippen LogP contribution in [0.3, 0.4) is 0 Å². The Bertz CT molecular complexity index is 506. The van der Waals surface area contributed by atoms with E-state index in [1.807, 2.05) is 12.3 Å². The van der Waals surface area contributed by atoms with Gasteiger partial charge in [0.15, 0.2) is 5.01 Å². The Morgan fingerprint density at radius 2 is 2.21 bits per heavy atom. The fourth-order valence-corrected chi connectivity index (χ4v) is 3.92. The van der Waals surface area contributed by atoms with Crippen LogP contribution in [0.2, 0.25) is 0 Å². The molecule has 1 aromatic rings. The Balaban J connectivity index is 1.75. The molecule has 4 N–H and O–H groups in total. The molecule has 1 heterocycles. The van der Waals surface area contributed by atoms with Gasteiger partial charge in [-0.05, 0) is 39.0 Å². The Morgan fingerprint density at radius 1 is 1.53 bits per heavy atom. The zero-order chi connectivity index (χ0) is 13.7. The number of aromatic nitrogens is 1. The van der Waals surface area contributed by atoms with Gasteiger partial charge in [-0.15, -0.1) is 11.3 Å². The number of rotatable bonds is 2. The fraction of sp³-hybridized carbons (Fsp3) is 0.692.